The summed E-state index contributed by atoms with van der Waals surface area (Å²) < 4.78 is 0. The Kier molecular flexibility index (Phi) is 2.82. The van der Waals surface area contributed by atoms with E-state index in [-0.39, 0.29) is 0 Å². The van der Waals surface area contributed by atoms with Crippen LogP contribution in [0.25, 0.3) is 0 Å². The van der Waals surface area contributed by atoms with Crippen LogP contribution in [-0.2, 0) is 0 Å². The van der Waals surface area contributed by atoms with E-state index in [0.717, 1.165) is 5.88 Å². The van der Waals surface area contributed by atoms with E-state index in [4.69, 9.17) is 0 Å². The number of rotatable bonds is 1. The Morgan fingerprint density at radius 1 is 1.56 bits per heavy atom. The van der Waals surface area contributed by atoms with Crippen molar-refractivity contribution in [3.8, 4) is 0 Å². The van der Waals surface area contributed by atoms with E-state index in [1.54, 1.807) is 0 Å². The van der Waals surface area contributed by atoms with Crippen LogP contribution in [0.15, 0.2) is 0 Å². The molecule has 1 rings (SSSR count). The molecule has 0 unspecified atom stereocenters. The van der Waals surface area contributed by atoms with Crippen molar-refractivity contribution < 1.29 is 0 Å². The van der Waals surface area contributed by atoms with Gasteiger partial charge in [-0.05, 0) is 13.8 Å². The van der Waals surface area contributed by atoms with Gasteiger partial charge < -0.3 is 0 Å². The van der Waals surface area contributed by atoms with Crippen LogP contribution in [0.5, 0.6) is 0 Å². The normalized spacial score (nSPS) is 23.0. The van der Waals surface area contributed by atoms with Crippen LogP contribution in [0.1, 0.15) is 13.8 Å². The number of hydrogen-bond donors (Lipinski definition) is 1. The second-order valence-electron chi connectivity index (χ2n) is 2.50. The molecule has 0 aromatic heterocycles. The minimum atomic E-state index is 0.644. The molecule has 54 valence electrons. The van der Waals surface area contributed by atoms with Crippen LogP contribution < -0.4 is 5.43 Å². The highest BCUT2D eigenvalue weighted by atomic mass is 32.2. The minimum Gasteiger partial charge on any atom is -0.245 e. The maximum atomic E-state index is 3.31. The summed E-state index contributed by atoms with van der Waals surface area (Å²) >= 11 is 1.96. The zero-order valence-corrected chi connectivity index (χ0v) is 6.87. The maximum absolute atomic E-state index is 3.31. The van der Waals surface area contributed by atoms with Gasteiger partial charge in [-0.1, -0.05) is 0 Å². The fourth-order valence-corrected chi connectivity index (χ4v) is 1.61. The minimum absolute atomic E-state index is 0.644. The topological polar surface area (TPSA) is 15.3 Å². The molecular formula is C6H14N2S. The van der Waals surface area contributed by atoms with Crippen molar-refractivity contribution in [1.29, 1.82) is 0 Å². The van der Waals surface area contributed by atoms with E-state index < -0.39 is 0 Å². The first kappa shape index (κ1) is 7.38. The van der Waals surface area contributed by atoms with Crippen molar-refractivity contribution in [1.82, 2.24) is 10.4 Å². The Morgan fingerprint density at radius 3 is 2.67 bits per heavy atom. The van der Waals surface area contributed by atoms with Gasteiger partial charge in [-0.2, -0.15) is 0 Å². The average Bonchev–Trinajstić information content (AvgIpc) is 1.90. The molecule has 1 aliphatic rings. The van der Waals surface area contributed by atoms with Gasteiger partial charge in [0.15, 0.2) is 0 Å². The molecule has 9 heavy (non-hydrogen) atoms. The molecule has 0 saturated carbocycles. The van der Waals surface area contributed by atoms with Gasteiger partial charge in [0.05, 0.1) is 5.88 Å². The molecule has 0 aliphatic carbocycles. The summed E-state index contributed by atoms with van der Waals surface area (Å²) in [5.41, 5.74) is 3.31. The van der Waals surface area contributed by atoms with Gasteiger partial charge in [0, 0.05) is 18.3 Å². The summed E-state index contributed by atoms with van der Waals surface area (Å²) in [5.74, 6) is 2.35. The molecule has 1 fully saturated rings. The van der Waals surface area contributed by atoms with Crippen molar-refractivity contribution >= 4 is 11.8 Å². The molecular weight excluding hydrogens is 132 g/mol. The lowest BCUT2D eigenvalue weighted by Crippen LogP contribution is -2.47. The average molecular weight is 146 g/mol. The van der Waals surface area contributed by atoms with Crippen LogP contribution in [0.4, 0.5) is 0 Å². The van der Waals surface area contributed by atoms with Crippen molar-refractivity contribution in [2.24, 2.45) is 0 Å². The fourth-order valence-electron chi connectivity index (χ4n) is 0.883. The van der Waals surface area contributed by atoms with Gasteiger partial charge in [-0.3, -0.25) is 0 Å². The molecule has 1 heterocycles. The quantitative estimate of drug-likeness (QED) is 0.592. The zero-order chi connectivity index (χ0) is 6.69. The van der Waals surface area contributed by atoms with Crippen LogP contribution in [-0.4, -0.2) is 29.2 Å². The molecule has 0 spiro atoms. The standard InChI is InChI=1S/C6H14N2S/c1-6(2)8-3-4-9-5-7-8/h6-7H,3-5H2,1-2H3. The third-order valence-corrected chi connectivity index (χ3v) is 2.27. The highest BCUT2D eigenvalue weighted by Gasteiger charge is 2.11. The number of hydrogen-bond acceptors (Lipinski definition) is 3. The molecule has 1 N–H and O–H groups in total. The number of nitrogens with zero attached hydrogens (tertiary/aromatic N) is 1. The SMILES string of the molecule is CC(C)N1CCSCN1. The summed E-state index contributed by atoms with van der Waals surface area (Å²) in [6, 6.07) is 0.644. The molecule has 0 aromatic rings. The van der Waals surface area contributed by atoms with Crippen LogP contribution in [0.2, 0.25) is 0 Å². The van der Waals surface area contributed by atoms with Gasteiger partial charge >= 0.3 is 0 Å². The smallest absolute Gasteiger partial charge is 0.0559 e. The number of hydrazine groups is 1. The Bertz CT molecular complexity index is 79.1. The lowest BCUT2D eigenvalue weighted by atomic mass is 10.4. The van der Waals surface area contributed by atoms with Crippen molar-refractivity contribution in [3.05, 3.63) is 0 Å². The van der Waals surface area contributed by atoms with Crippen molar-refractivity contribution in [3.63, 3.8) is 0 Å². The molecule has 0 aromatic carbocycles. The van der Waals surface area contributed by atoms with Crippen LogP contribution in [0.3, 0.4) is 0 Å². The van der Waals surface area contributed by atoms with Gasteiger partial charge in [-0.15, -0.1) is 11.8 Å². The molecule has 1 saturated heterocycles. The molecule has 0 bridgehead atoms. The summed E-state index contributed by atoms with van der Waals surface area (Å²) in [6.45, 7) is 5.61. The third-order valence-electron chi connectivity index (χ3n) is 1.47. The molecule has 0 atom stereocenters. The predicted molar refractivity (Wildman–Crippen MR) is 42.3 cm³/mol. The van der Waals surface area contributed by atoms with E-state index in [0.29, 0.717) is 6.04 Å². The maximum Gasteiger partial charge on any atom is 0.0559 e. The van der Waals surface area contributed by atoms with Gasteiger partial charge in [0.1, 0.15) is 0 Å². The lowest BCUT2D eigenvalue weighted by molar-refractivity contribution is 0.163. The van der Waals surface area contributed by atoms with Crippen molar-refractivity contribution in [2.45, 2.75) is 19.9 Å². The Hall–Kier alpha value is 0.270. The number of thioether (sulfide) groups is 1. The molecule has 1 aliphatic heterocycles. The van der Waals surface area contributed by atoms with Gasteiger partial charge in [0.25, 0.3) is 0 Å². The first-order valence-corrected chi connectivity index (χ1v) is 4.54. The zero-order valence-electron chi connectivity index (χ0n) is 6.05. The fraction of sp³-hybridized carbons (Fsp3) is 1.00. The third kappa shape index (κ3) is 2.16. The van der Waals surface area contributed by atoms with Gasteiger partial charge in [0.2, 0.25) is 0 Å². The summed E-state index contributed by atoms with van der Waals surface area (Å²) in [6.07, 6.45) is 0. The Balaban J connectivity index is 2.23. The second kappa shape index (κ2) is 3.44. The summed E-state index contributed by atoms with van der Waals surface area (Å²) in [4.78, 5) is 0. The predicted octanol–water partition coefficient (Wildman–Crippen LogP) is 0.906. The second-order valence-corrected chi connectivity index (χ2v) is 3.60. The first-order valence-electron chi connectivity index (χ1n) is 3.38. The van der Waals surface area contributed by atoms with Gasteiger partial charge in [-0.25, -0.2) is 10.4 Å². The highest BCUT2D eigenvalue weighted by Crippen LogP contribution is 2.06. The van der Waals surface area contributed by atoms with E-state index in [2.05, 4.69) is 24.3 Å². The number of nitrogens with one attached hydrogen (secondary N) is 1. The Labute approximate surface area is 61.0 Å². The van der Waals surface area contributed by atoms with E-state index in [9.17, 15) is 0 Å². The highest BCUT2D eigenvalue weighted by molar-refractivity contribution is 7.99. The largest absolute Gasteiger partial charge is 0.245 e. The van der Waals surface area contributed by atoms with E-state index in [1.807, 2.05) is 11.8 Å². The molecule has 0 amide bonds. The monoisotopic (exact) mass is 146 g/mol. The molecule has 3 heteroatoms. The summed E-state index contributed by atoms with van der Waals surface area (Å²) in [5, 5.41) is 2.29. The van der Waals surface area contributed by atoms with Crippen LogP contribution in [0, 0.1) is 0 Å². The Morgan fingerprint density at radius 2 is 2.33 bits per heavy atom. The lowest BCUT2D eigenvalue weighted by Gasteiger charge is -2.30. The summed E-state index contributed by atoms with van der Waals surface area (Å²) in [7, 11) is 0. The molecule has 0 radical (unpaired) electrons. The first-order chi connectivity index (χ1) is 4.30. The van der Waals surface area contributed by atoms with E-state index in [1.165, 1.54) is 12.3 Å². The molecule has 2 nitrogen and oxygen atoms in total. The van der Waals surface area contributed by atoms with E-state index >= 15 is 0 Å². The van der Waals surface area contributed by atoms with Crippen LogP contribution >= 0.6 is 11.8 Å². The van der Waals surface area contributed by atoms with Crippen molar-refractivity contribution in [2.75, 3.05) is 18.2 Å².